The van der Waals surface area contributed by atoms with E-state index in [1.165, 1.54) is 0 Å². The molecule has 2 aliphatic rings. The molecular weight excluding hydrogens is 318 g/mol. The molecule has 2 rings (SSSR count). The average molecular weight is 339 g/mol. The number of carbonyl (C=O) groups is 1. The summed E-state index contributed by atoms with van der Waals surface area (Å²) in [4.78, 5) is 11.2. The molecule has 0 saturated carbocycles. The fraction of sp³-hybridized carbons (Fsp3) is 0.909. The van der Waals surface area contributed by atoms with Gasteiger partial charge in [0.25, 0.3) is 0 Å². The standard InChI is InChI=1S/C11H21N3O5S2/c12-11(15)7-14(9-1-4-13-5-2-9)21(18,19)10-3-6-20(16,17)8-10/h9-10,13H,1-8H2,(H2,12,15). The predicted octanol–water partition coefficient (Wildman–Crippen LogP) is -1.96. The zero-order valence-corrected chi connectivity index (χ0v) is 13.3. The van der Waals surface area contributed by atoms with Crippen molar-refractivity contribution >= 4 is 25.8 Å². The van der Waals surface area contributed by atoms with E-state index < -0.39 is 31.0 Å². The summed E-state index contributed by atoms with van der Waals surface area (Å²) in [5.41, 5.74) is 5.17. The minimum Gasteiger partial charge on any atom is -0.369 e. The van der Waals surface area contributed by atoms with Crippen LogP contribution in [0.1, 0.15) is 19.3 Å². The summed E-state index contributed by atoms with van der Waals surface area (Å²) in [6, 6.07) is -0.299. The van der Waals surface area contributed by atoms with E-state index in [-0.39, 0.29) is 30.5 Å². The highest BCUT2D eigenvalue weighted by atomic mass is 32.2. The molecule has 0 bridgehead atoms. The number of nitrogens with zero attached hydrogens (tertiary/aromatic N) is 1. The lowest BCUT2D eigenvalue weighted by atomic mass is 10.1. The summed E-state index contributed by atoms with van der Waals surface area (Å²) in [5.74, 6) is -1.21. The van der Waals surface area contributed by atoms with Crippen LogP contribution < -0.4 is 11.1 Å². The van der Waals surface area contributed by atoms with Crippen molar-refractivity contribution in [2.45, 2.75) is 30.6 Å². The van der Waals surface area contributed by atoms with Crippen molar-refractivity contribution in [3.05, 3.63) is 0 Å². The van der Waals surface area contributed by atoms with Crippen LogP contribution in [0.15, 0.2) is 0 Å². The Kier molecular flexibility index (Phi) is 4.91. The first-order chi connectivity index (χ1) is 9.72. The van der Waals surface area contributed by atoms with Gasteiger partial charge in [-0.3, -0.25) is 4.79 Å². The van der Waals surface area contributed by atoms with E-state index in [0.29, 0.717) is 25.9 Å². The first-order valence-corrected chi connectivity index (χ1v) is 10.2. The van der Waals surface area contributed by atoms with Crippen molar-refractivity contribution in [2.24, 2.45) is 5.73 Å². The number of piperidine rings is 1. The number of rotatable bonds is 5. The number of nitrogens with two attached hydrogens (primary N) is 1. The van der Waals surface area contributed by atoms with Gasteiger partial charge < -0.3 is 11.1 Å². The normalized spacial score (nSPS) is 27.0. The minimum atomic E-state index is -3.84. The van der Waals surface area contributed by atoms with Crippen LogP contribution in [-0.4, -0.2) is 69.5 Å². The zero-order chi connectivity index (χ0) is 15.7. The molecule has 2 aliphatic heterocycles. The lowest BCUT2D eigenvalue weighted by molar-refractivity contribution is -0.118. The number of sulfone groups is 1. The summed E-state index contributed by atoms with van der Waals surface area (Å²) in [6.07, 6.45) is 1.27. The van der Waals surface area contributed by atoms with Crippen LogP contribution in [-0.2, 0) is 24.7 Å². The first-order valence-electron chi connectivity index (χ1n) is 6.92. The van der Waals surface area contributed by atoms with Crippen molar-refractivity contribution < 1.29 is 21.6 Å². The Morgan fingerprint density at radius 1 is 1.24 bits per heavy atom. The quantitative estimate of drug-likeness (QED) is 0.599. The van der Waals surface area contributed by atoms with Gasteiger partial charge >= 0.3 is 0 Å². The summed E-state index contributed by atoms with van der Waals surface area (Å²) < 4.78 is 49.6. The molecule has 8 nitrogen and oxygen atoms in total. The second-order valence-corrected chi connectivity index (χ2v) is 9.96. The molecule has 1 atom stereocenters. The second kappa shape index (κ2) is 6.19. The molecule has 1 amide bonds. The van der Waals surface area contributed by atoms with Gasteiger partial charge in [0.05, 0.1) is 23.3 Å². The lowest BCUT2D eigenvalue weighted by Crippen LogP contribution is -2.52. The van der Waals surface area contributed by atoms with E-state index >= 15 is 0 Å². The molecular formula is C11H21N3O5S2. The molecule has 0 spiro atoms. The van der Waals surface area contributed by atoms with Crippen LogP contribution in [0.3, 0.4) is 0 Å². The third-order valence-corrected chi connectivity index (χ3v) is 8.27. The smallest absolute Gasteiger partial charge is 0.232 e. The largest absolute Gasteiger partial charge is 0.369 e. The third-order valence-electron chi connectivity index (χ3n) is 3.97. The molecule has 0 aromatic heterocycles. The molecule has 2 saturated heterocycles. The van der Waals surface area contributed by atoms with E-state index in [2.05, 4.69) is 5.32 Å². The van der Waals surface area contributed by atoms with E-state index in [4.69, 9.17) is 5.73 Å². The summed E-state index contributed by atoms with van der Waals surface area (Å²) in [7, 11) is -7.15. The fourth-order valence-electron chi connectivity index (χ4n) is 2.86. The maximum atomic E-state index is 12.7. The number of hydrogen-bond acceptors (Lipinski definition) is 6. The van der Waals surface area contributed by atoms with E-state index in [1.54, 1.807) is 0 Å². The van der Waals surface area contributed by atoms with Gasteiger partial charge in [-0.1, -0.05) is 0 Å². The molecule has 0 aliphatic carbocycles. The Morgan fingerprint density at radius 2 is 1.86 bits per heavy atom. The summed E-state index contributed by atoms with van der Waals surface area (Å²) in [5, 5.41) is 2.16. The topological polar surface area (TPSA) is 127 Å². The van der Waals surface area contributed by atoms with E-state index in [1.807, 2.05) is 0 Å². The molecule has 0 aromatic carbocycles. The van der Waals surface area contributed by atoms with Crippen LogP contribution in [0.4, 0.5) is 0 Å². The van der Waals surface area contributed by atoms with Crippen LogP contribution >= 0.6 is 0 Å². The van der Waals surface area contributed by atoms with Crippen LogP contribution in [0.5, 0.6) is 0 Å². The molecule has 1 unspecified atom stereocenters. The van der Waals surface area contributed by atoms with Gasteiger partial charge in [-0.2, -0.15) is 4.31 Å². The van der Waals surface area contributed by atoms with Gasteiger partial charge in [-0.15, -0.1) is 0 Å². The highest BCUT2D eigenvalue weighted by Gasteiger charge is 2.43. The average Bonchev–Trinajstić information content (AvgIpc) is 2.78. The molecule has 3 N–H and O–H groups in total. The predicted molar refractivity (Wildman–Crippen MR) is 77.8 cm³/mol. The van der Waals surface area contributed by atoms with E-state index in [9.17, 15) is 21.6 Å². The monoisotopic (exact) mass is 339 g/mol. The lowest BCUT2D eigenvalue weighted by Gasteiger charge is -2.34. The zero-order valence-electron chi connectivity index (χ0n) is 11.7. The Hall–Kier alpha value is -0.710. The SMILES string of the molecule is NC(=O)CN(C1CCNCC1)S(=O)(=O)C1CCS(=O)(=O)C1. The molecule has 0 aromatic rings. The molecule has 2 fully saturated rings. The molecule has 21 heavy (non-hydrogen) atoms. The second-order valence-electron chi connectivity index (χ2n) is 5.56. The van der Waals surface area contributed by atoms with Gasteiger partial charge in [0.15, 0.2) is 9.84 Å². The van der Waals surface area contributed by atoms with Crippen molar-refractivity contribution in [3.63, 3.8) is 0 Å². The number of hydrogen-bond donors (Lipinski definition) is 2. The number of sulfonamides is 1. The van der Waals surface area contributed by atoms with Crippen molar-refractivity contribution in [1.29, 1.82) is 0 Å². The maximum Gasteiger partial charge on any atom is 0.232 e. The first kappa shape index (κ1) is 16.7. The third kappa shape index (κ3) is 3.93. The van der Waals surface area contributed by atoms with Gasteiger partial charge in [0.2, 0.25) is 15.9 Å². The number of primary amides is 1. The molecule has 0 radical (unpaired) electrons. The highest BCUT2D eigenvalue weighted by Crippen LogP contribution is 2.25. The van der Waals surface area contributed by atoms with Crippen LogP contribution in [0, 0.1) is 0 Å². The Morgan fingerprint density at radius 3 is 2.33 bits per heavy atom. The van der Waals surface area contributed by atoms with Gasteiger partial charge in [-0.25, -0.2) is 16.8 Å². The van der Waals surface area contributed by atoms with Gasteiger partial charge in [-0.05, 0) is 32.4 Å². The van der Waals surface area contributed by atoms with Gasteiger partial charge in [0.1, 0.15) is 0 Å². The van der Waals surface area contributed by atoms with Crippen molar-refractivity contribution in [1.82, 2.24) is 9.62 Å². The maximum absolute atomic E-state index is 12.7. The van der Waals surface area contributed by atoms with Gasteiger partial charge in [0, 0.05) is 6.04 Å². The highest BCUT2D eigenvalue weighted by molar-refractivity contribution is 7.95. The number of nitrogens with one attached hydrogen (secondary N) is 1. The fourth-order valence-corrected chi connectivity index (χ4v) is 7.60. The van der Waals surface area contributed by atoms with Crippen molar-refractivity contribution in [3.8, 4) is 0 Å². The molecule has 122 valence electrons. The van der Waals surface area contributed by atoms with Crippen LogP contribution in [0.25, 0.3) is 0 Å². The molecule has 2 heterocycles. The Labute approximate surface area is 125 Å². The summed E-state index contributed by atoms with van der Waals surface area (Å²) in [6.45, 7) is 0.945. The minimum absolute atomic E-state index is 0.0882. The van der Waals surface area contributed by atoms with Crippen molar-refractivity contribution in [2.75, 3.05) is 31.1 Å². The molecule has 10 heteroatoms. The van der Waals surface area contributed by atoms with E-state index in [0.717, 1.165) is 4.31 Å². The van der Waals surface area contributed by atoms with Crippen LogP contribution in [0.2, 0.25) is 0 Å². The Balaban J connectivity index is 2.24. The Bertz CT molecular complexity index is 595. The number of carbonyl (C=O) groups excluding carboxylic acids is 1. The summed E-state index contributed by atoms with van der Waals surface area (Å²) >= 11 is 0. The number of amides is 1.